The van der Waals surface area contributed by atoms with Crippen LogP contribution < -0.4 is 5.32 Å². The van der Waals surface area contributed by atoms with E-state index in [1.165, 1.54) is 12.0 Å². The lowest BCUT2D eigenvalue weighted by Gasteiger charge is -2.44. The third-order valence-electron chi connectivity index (χ3n) is 3.26. The highest BCUT2D eigenvalue weighted by Crippen LogP contribution is 2.36. The van der Waals surface area contributed by atoms with Crippen LogP contribution in [-0.4, -0.2) is 18.1 Å². The van der Waals surface area contributed by atoms with Crippen LogP contribution in [0.5, 0.6) is 0 Å². The highest BCUT2D eigenvalue weighted by Gasteiger charge is 2.37. The van der Waals surface area contributed by atoms with Crippen molar-refractivity contribution in [1.29, 1.82) is 0 Å². The molecule has 1 aromatic heterocycles. The summed E-state index contributed by atoms with van der Waals surface area (Å²) in [6.07, 6.45) is 5.90. The molecule has 16 heavy (non-hydrogen) atoms. The number of nitrogens with one attached hydrogen (secondary N) is 1. The smallest absolute Gasteiger partial charge is 0.0621 e. The molecule has 2 nitrogen and oxygen atoms in total. The fraction of sp³-hybridized carbons (Fsp3) is 0.615. The zero-order valence-electron chi connectivity index (χ0n) is 9.96. The van der Waals surface area contributed by atoms with Crippen LogP contribution >= 0.6 is 11.6 Å². The first-order chi connectivity index (χ1) is 7.61. The van der Waals surface area contributed by atoms with Gasteiger partial charge in [-0.2, -0.15) is 0 Å². The van der Waals surface area contributed by atoms with Gasteiger partial charge in [-0.25, -0.2) is 0 Å². The molecule has 1 aromatic rings. The highest BCUT2D eigenvalue weighted by atomic mass is 35.5. The molecule has 0 spiro atoms. The lowest BCUT2D eigenvalue weighted by atomic mass is 9.71. The van der Waals surface area contributed by atoms with E-state index in [0.717, 1.165) is 30.5 Å². The zero-order chi connectivity index (χ0) is 11.6. The predicted octanol–water partition coefficient (Wildman–Crippen LogP) is 2.91. The largest absolute Gasteiger partial charge is 0.316 e. The van der Waals surface area contributed by atoms with E-state index in [9.17, 15) is 0 Å². The van der Waals surface area contributed by atoms with Gasteiger partial charge in [0.25, 0.3) is 0 Å². The molecular weight excluding hydrogens is 220 g/mol. The maximum absolute atomic E-state index is 6.17. The first-order valence-corrected chi connectivity index (χ1v) is 6.28. The minimum absolute atomic E-state index is 0.416. The van der Waals surface area contributed by atoms with Gasteiger partial charge in [0, 0.05) is 25.5 Å². The van der Waals surface area contributed by atoms with Crippen LogP contribution in [0, 0.1) is 11.3 Å². The van der Waals surface area contributed by atoms with E-state index in [1.807, 2.05) is 12.3 Å². The Balaban J connectivity index is 2.10. The molecule has 0 aromatic carbocycles. The summed E-state index contributed by atoms with van der Waals surface area (Å²) in [7, 11) is 0. The van der Waals surface area contributed by atoms with E-state index in [1.54, 1.807) is 6.20 Å². The topological polar surface area (TPSA) is 24.9 Å². The van der Waals surface area contributed by atoms with Gasteiger partial charge in [-0.1, -0.05) is 25.4 Å². The van der Waals surface area contributed by atoms with Gasteiger partial charge in [-0.05, 0) is 35.8 Å². The number of nitrogens with zero attached hydrogens (tertiary/aromatic N) is 1. The third-order valence-corrected chi connectivity index (χ3v) is 3.60. The number of hydrogen-bond acceptors (Lipinski definition) is 2. The number of hydrogen-bond donors (Lipinski definition) is 1. The van der Waals surface area contributed by atoms with E-state index >= 15 is 0 Å². The van der Waals surface area contributed by atoms with Crippen LogP contribution in [0.4, 0.5) is 0 Å². The van der Waals surface area contributed by atoms with Crippen molar-refractivity contribution in [2.45, 2.75) is 26.7 Å². The summed E-state index contributed by atoms with van der Waals surface area (Å²) in [6, 6.07) is 2.04. The molecule has 1 aliphatic rings. The molecular formula is C13H19ClN2. The molecule has 0 saturated carbocycles. The molecule has 0 aliphatic carbocycles. The number of halogens is 1. The fourth-order valence-electron chi connectivity index (χ4n) is 2.64. The Morgan fingerprint density at radius 1 is 1.50 bits per heavy atom. The van der Waals surface area contributed by atoms with Crippen LogP contribution in [0.3, 0.4) is 0 Å². The monoisotopic (exact) mass is 238 g/mol. The van der Waals surface area contributed by atoms with E-state index in [2.05, 4.69) is 24.1 Å². The maximum Gasteiger partial charge on any atom is 0.0621 e. The maximum atomic E-state index is 6.17. The van der Waals surface area contributed by atoms with Gasteiger partial charge in [0.2, 0.25) is 0 Å². The Morgan fingerprint density at radius 2 is 2.25 bits per heavy atom. The van der Waals surface area contributed by atoms with Crippen LogP contribution in [0.2, 0.25) is 5.02 Å². The van der Waals surface area contributed by atoms with Crippen molar-refractivity contribution in [3.8, 4) is 0 Å². The third kappa shape index (κ3) is 2.55. The molecule has 1 aliphatic heterocycles. The van der Waals surface area contributed by atoms with Gasteiger partial charge >= 0.3 is 0 Å². The summed E-state index contributed by atoms with van der Waals surface area (Å²) in [5.41, 5.74) is 1.65. The average Bonchev–Trinajstić information content (AvgIpc) is 2.17. The molecule has 2 heterocycles. The molecule has 1 fully saturated rings. The zero-order valence-corrected chi connectivity index (χ0v) is 10.7. The Labute approximate surface area is 102 Å². The van der Waals surface area contributed by atoms with Crippen molar-refractivity contribution < 1.29 is 0 Å². The van der Waals surface area contributed by atoms with Crippen molar-refractivity contribution in [3.63, 3.8) is 0 Å². The summed E-state index contributed by atoms with van der Waals surface area (Å²) >= 11 is 6.17. The number of aromatic nitrogens is 1. The molecule has 0 bridgehead atoms. The van der Waals surface area contributed by atoms with Crippen LogP contribution in [0.1, 0.15) is 25.8 Å². The first-order valence-electron chi connectivity index (χ1n) is 5.90. The molecule has 3 heteroatoms. The summed E-state index contributed by atoms with van der Waals surface area (Å²) in [5.74, 6) is 0.739. The molecule has 0 unspecified atom stereocenters. The normalized spacial score (nSPS) is 18.5. The highest BCUT2D eigenvalue weighted by molar-refractivity contribution is 6.31. The Hall–Kier alpha value is -0.600. The quantitative estimate of drug-likeness (QED) is 0.873. The van der Waals surface area contributed by atoms with Gasteiger partial charge in [-0.15, -0.1) is 0 Å². The number of pyridine rings is 1. The van der Waals surface area contributed by atoms with Gasteiger partial charge in [0.1, 0.15) is 0 Å². The Morgan fingerprint density at radius 3 is 2.75 bits per heavy atom. The first kappa shape index (κ1) is 11.9. The lowest BCUT2D eigenvalue weighted by Crippen LogP contribution is -2.55. The molecule has 88 valence electrons. The van der Waals surface area contributed by atoms with E-state index < -0.39 is 0 Å². The second kappa shape index (κ2) is 4.72. The predicted molar refractivity (Wildman–Crippen MR) is 67.7 cm³/mol. The van der Waals surface area contributed by atoms with Crippen molar-refractivity contribution >= 4 is 11.6 Å². The molecule has 2 rings (SSSR count). The van der Waals surface area contributed by atoms with Crippen LogP contribution in [0.15, 0.2) is 18.5 Å². The summed E-state index contributed by atoms with van der Waals surface area (Å²) in [6.45, 7) is 6.80. The Kier molecular flexibility index (Phi) is 3.50. The Bertz CT molecular complexity index is 359. The minimum atomic E-state index is 0.416. The second-order valence-corrected chi connectivity index (χ2v) is 5.75. The van der Waals surface area contributed by atoms with Gasteiger partial charge in [0.05, 0.1) is 5.02 Å². The van der Waals surface area contributed by atoms with Gasteiger partial charge < -0.3 is 5.32 Å². The molecule has 0 atom stereocenters. The van der Waals surface area contributed by atoms with Crippen LogP contribution in [0.25, 0.3) is 0 Å². The lowest BCUT2D eigenvalue weighted by molar-refractivity contribution is 0.131. The van der Waals surface area contributed by atoms with E-state index in [4.69, 9.17) is 11.6 Å². The summed E-state index contributed by atoms with van der Waals surface area (Å²) in [5, 5.41) is 4.19. The second-order valence-electron chi connectivity index (χ2n) is 5.35. The average molecular weight is 239 g/mol. The van der Waals surface area contributed by atoms with Crippen molar-refractivity contribution in [3.05, 3.63) is 29.0 Å². The van der Waals surface area contributed by atoms with E-state index in [-0.39, 0.29) is 0 Å². The van der Waals surface area contributed by atoms with Crippen molar-refractivity contribution in [2.75, 3.05) is 13.1 Å². The number of rotatable bonds is 4. The molecule has 1 saturated heterocycles. The minimum Gasteiger partial charge on any atom is -0.316 e. The van der Waals surface area contributed by atoms with E-state index in [0.29, 0.717) is 5.41 Å². The van der Waals surface area contributed by atoms with Crippen molar-refractivity contribution in [2.24, 2.45) is 11.3 Å². The molecule has 0 radical (unpaired) electrons. The van der Waals surface area contributed by atoms with Crippen molar-refractivity contribution in [1.82, 2.24) is 10.3 Å². The SMILES string of the molecule is CC(C)CC1(Cc2ccncc2Cl)CNC1. The molecule has 0 amide bonds. The molecule has 1 N–H and O–H groups in total. The van der Waals surface area contributed by atoms with Crippen LogP contribution in [-0.2, 0) is 6.42 Å². The van der Waals surface area contributed by atoms with Gasteiger partial charge in [0.15, 0.2) is 0 Å². The summed E-state index contributed by atoms with van der Waals surface area (Å²) < 4.78 is 0. The fourth-order valence-corrected chi connectivity index (χ4v) is 2.82. The summed E-state index contributed by atoms with van der Waals surface area (Å²) in [4.78, 5) is 4.03. The standard InChI is InChI=1S/C13H19ClN2/c1-10(2)5-13(8-16-9-13)6-11-3-4-15-7-12(11)14/h3-4,7,10,16H,5-6,8-9H2,1-2H3. The van der Waals surface area contributed by atoms with Gasteiger partial charge in [-0.3, -0.25) is 4.98 Å².